The standard InChI is InChI=1S/C13H12ClN3O2S/c1-16-4-5-17(13(19)12(16)18)7-9-3-2-8(11(15)20)6-10(9)14/h2-6H,7H2,1H3,(H2,15,20). The van der Waals surface area contributed by atoms with Crippen molar-refractivity contribution in [1.82, 2.24) is 9.13 Å². The van der Waals surface area contributed by atoms with E-state index in [0.29, 0.717) is 16.1 Å². The van der Waals surface area contributed by atoms with E-state index < -0.39 is 11.1 Å². The van der Waals surface area contributed by atoms with Crippen molar-refractivity contribution < 1.29 is 0 Å². The molecule has 0 spiro atoms. The van der Waals surface area contributed by atoms with Crippen LogP contribution in [0.25, 0.3) is 0 Å². The molecule has 7 heteroatoms. The van der Waals surface area contributed by atoms with Gasteiger partial charge in [-0.25, -0.2) is 0 Å². The highest BCUT2D eigenvalue weighted by atomic mass is 35.5. The highest BCUT2D eigenvalue weighted by Crippen LogP contribution is 2.18. The van der Waals surface area contributed by atoms with Gasteiger partial charge in [-0.15, -0.1) is 0 Å². The number of benzene rings is 1. The van der Waals surface area contributed by atoms with E-state index in [4.69, 9.17) is 29.6 Å². The van der Waals surface area contributed by atoms with Gasteiger partial charge in [0.25, 0.3) is 0 Å². The van der Waals surface area contributed by atoms with Gasteiger partial charge in [-0.05, 0) is 11.6 Å². The molecule has 2 aromatic rings. The quantitative estimate of drug-likeness (QED) is 0.675. The van der Waals surface area contributed by atoms with Gasteiger partial charge in [0.05, 0.1) is 6.54 Å². The van der Waals surface area contributed by atoms with E-state index >= 15 is 0 Å². The molecule has 0 fully saturated rings. The lowest BCUT2D eigenvalue weighted by molar-refractivity contribution is 0.695. The first-order chi connectivity index (χ1) is 9.40. The molecule has 0 saturated carbocycles. The Morgan fingerprint density at radius 3 is 2.60 bits per heavy atom. The predicted molar refractivity (Wildman–Crippen MR) is 82.4 cm³/mol. The van der Waals surface area contributed by atoms with Crippen LogP contribution in [0.1, 0.15) is 11.1 Å². The second kappa shape index (κ2) is 5.60. The van der Waals surface area contributed by atoms with E-state index in [1.54, 1.807) is 24.4 Å². The SMILES string of the molecule is Cn1ccn(Cc2ccc(C(N)=S)cc2Cl)c(=O)c1=O. The van der Waals surface area contributed by atoms with Crippen molar-refractivity contribution in [2.45, 2.75) is 6.54 Å². The maximum absolute atomic E-state index is 11.8. The fourth-order valence-electron chi connectivity index (χ4n) is 1.73. The molecule has 1 aromatic heterocycles. The van der Waals surface area contributed by atoms with Crippen molar-refractivity contribution in [2.24, 2.45) is 12.8 Å². The average molecular weight is 310 g/mol. The minimum Gasteiger partial charge on any atom is -0.389 e. The summed E-state index contributed by atoms with van der Waals surface area (Å²) in [5.41, 5.74) is 5.71. The molecule has 0 atom stereocenters. The molecular formula is C13H12ClN3O2S. The molecule has 0 radical (unpaired) electrons. The van der Waals surface area contributed by atoms with Crippen LogP contribution in [-0.4, -0.2) is 14.1 Å². The maximum atomic E-state index is 11.8. The van der Waals surface area contributed by atoms with Crippen LogP contribution in [0.3, 0.4) is 0 Å². The predicted octanol–water partition coefficient (Wildman–Crippen LogP) is 0.883. The van der Waals surface area contributed by atoms with Crippen LogP contribution >= 0.6 is 23.8 Å². The van der Waals surface area contributed by atoms with Crippen LogP contribution < -0.4 is 16.9 Å². The first kappa shape index (κ1) is 14.5. The van der Waals surface area contributed by atoms with Crippen LogP contribution in [0, 0.1) is 0 Å². The van der Waals surface area contributed by atoms with Crippen molar-refractivity contribution >= 4 is 28.8 Å². The monoisotopic (exact) mass is 309 g/mol. The third-order valence-electron chi connectivity index (χ3n) is 2.91. The molecule has 0 aliphatic carbocycles. The molecule has 104 valence electrons. The summed E-state index contributed by atoms with van der Waals surface area (Å²) in [5, 5.41) is 0.447. The van der Waals surface area contributed by atoms with E-state index in [1.165, 1.54) is 22.4 Å². The van der Waals surface area contributed by atoms with Gasteiger partial charge in [-0.2, -0.15) is 0 Å². The van der Waals surface area contributed by atoms with Gasteiger partial charge in [0, 0.05) is 30.0 Å². The molecule has 0 aliphatic heterocycles. The largest absolute Gasteiger partial charge is 0.389 e. The zero-order valence-corrected chi connectivity index (χ0v) is 12.2. The number of hydrogen-bond donors (Lipinski definition) is 1. The first-order valence-electron chi connectivity index (χ1n) is 5.74. The van der Waals surface area contributed by atoms with Gasteiger partial charge < -0.3 is 14.9 Å². The minimum atomic E-state index is -0.593. The molecule has 1 aromatic carbocycles. The lowest BCUT2D eigenvalue weighted by Gasteiger charge is -2.09. The second-order valence-electron chi connectivity index (χ2n) is 4.32. The number of hydrogen-bond acceptors (Lipinski definition) is 3. The molecule has 20 heavy (non-hydrogen) atoms. The Morgan fingerprint density at radius 2 is 2.00 bits per heavy atom. The summed E-state index contributed by atoms with van der Waals surface area (Å²) >= 11 is 11.0. The van der Waals surface area contributed by atoms with Gasteiger partial charge in [0.2, 0.25) is 0 Å². The third-order valence-corrected chi connectivity index (χ3v) is 3.50. The van der Waals surface area contributed by atoms with Crippen molar-refractivity contribution in [3.8, 4) is 0 Å². The molecule has 5 nitrogen and oxygen atoms in total. The molecule has 0 saturated heterocycles. The number of thiocarbonyl (C=S) groups is 1. The normalized spacial score (nSPS) is 10.5. The molecule has 1 heterocycles. The van der Waals surface area contributed by atoms with Crippen LogP contribution in [0.15, 0.2) is 40.2 Å². The van der Waals surface area contributed by atoms with Crippen LogP contribution in [0.4, 0.5) is 0 Å². The van der Waals surface area contributed by atoms with Crippen molar-refractivity contribution in [3.63, 3.8) is 0 Å². The third kappa shape index (κ3) is 2.81. The van der Waals surface area contributed by atoms with Gasteiger partial charge in [0.15, 0.2) is 0 Å². The van der Waals surface area contributed by atoms with E-state index in [9.17, 15) is 9.59 Å². The van der Waals surface area contributed by atoms with Crippen LogP contribution in [-0.2, 0) is 13.6 Å². The Hall–Kier alpha value is -1.92. The second-order valence-corrected chi connectivity index (χ2v) is 5.16. The number of aromatic nitrogens is 2. The number of aryl methyl sites for hydroxylation is 1. The van der Waals surface area contributed by atoms with Gasteiger partial charge in [-0.3, -0.25) is 9.59 Å². The number of nitrogens with two attached hydrogens (primary N) is 1. The fourth-order valence-corrected chi connectivity index (χ4v) is 2.09. The van der Waals surface area contributed by atoms with E-state index in [1.807, 2.05) is 0 Å². The average Bonchev–Trinajstić information content (AvgIpc) is 2.41. The fraction of sp³-hybridized carbons (Fsp3) is 0.154. The Balaban J connectivity index is 2.41. The van der Waals surface area contributed by atoms with Gasteiger partial charge in [-0.1, -0.05) is 36.0 Å². The van der Waals surface area contributed by atoms with Gasteiger partial charge in [0.1, 0.15) is 4.99 Å². The molecular weight excluding hydrogens is 298 g/mol. The summed E-state index contributed by atoms with van der Waals surface area (Å²) in [4.78, 5) is 23.7. The zero-order chi connectivity index (χ0) is 14.9. The number of rotatable bonds is 3. The lowest BCUT2D eigenvalue weighted by Crippen LogP contribution is -2.39. The van der Waals surface area contributed by atoms with Crippen LogP contribution in [0.2, 0.25) is 5.02 Å². The molecule has 0 amide bonds. The topological polar surface area (TPSA) is 70.0 Å². The van der Waals surface area contributed by atoms with E-state index in [-0.39, 0.29) is 11.5 Å². The van der Waals surface area contributed by atoms with E-state index in [0.717, 1.165) is 0 Å². The van der Waals surface area contributed by atoms with Crippen molar-refractivity contribution in [3.05, 3.63) is 67.4 Å². The molecule has 0 bridgehead atoms. The highest BCUT2D eigenvalue weighted by Gasteiger charge is 2.07. The smallest absolute Gasteiger partial charge is 0.316 e. The maximum Gasteiger partial charge on any atom is 0.316 e. The summed E-state index contributed by atoms with van der Waals surface area (Å²) in [6.07, 6.45) is 3.07. The summed E-state index contributed by atoms with van der Waals surface area (Å²) in [6.45, 7) is 0.214. The lowest BCUT2D eigenvalue weighted by atomic mass is 10.1. The Bertz CT molecular complexity index is 795. The molecule has 2 rings (SSSR count). The molecule has 2 N–H and O–H groups in total. The minimum absolute atomic E-state index is 0.214. The van der Waals surface area contributed by atoms with Crippen molar-refractivity contribution in [2.75, 3.05) is 0 Å². The summed E-state index contributed by atoms with van der Waals surface area (Å²) in [7, 11) is 1.53. The summed E-state index contributed by atoms with van der Waals surface area (Å²) < 4.78 is 2.54. The van der Waals surface area contributed by atoms with Gasteiger partial charge >= 0.3 is 11.1 Å². The zero-order valence-electron chi connectivity index (χ0n) is 10.7. The number of nitrogens with zero attached hydrogens (tertiary/aromatic N) is 2. The Labute approximate surface area is 125 Å². The first-order valence-corrected chi connectivity index (χ1v) is 6.53. The molecule has 0 aliphatic rings. The molecule has 0 unspecified atom stereocenters. The van der Waals surface area contributed by atoms with Crippen molar-refractivity contribution in [1.29, 1.82) is 0 Å². The van der Waals surface area contributed by atoms with Crippen LogP contribution in [0.5, 0.6) is 0 Å². The Kier molecular flexibility index (Phi) is 4.06. The summed E-state index contributed by atoms with van der Waals surface area (Å²) in [5.74, 6) is 0. The van der Waals surface area contributed by atoms with E-state index in [2.05, 4.69) is 0 Å². The summed E-state index contributed by atoms with van der Waals surface area (Å²) in [6, 6.07) is 5.11. The Morgan fingerprint density at radius 1 is 1.30 bits per heavy atom. The highest BCUT2D eigenvalue weighted by molar-refractivity contribution is 7.80. The number of halogens is 1.